The Morgan fingerprint density at radius 3 is 2.21 bits per heavy atom. The van der Waals surface area contributed by atoms with Gasteiger partial charge in [0.05, 0.1) is 5.41 Å². The maximum Gasteiger partial charge on any atom is 0.228 e. The summed E-state index contributed by atoms with van der Waals surface area (Å²) in [6, 6.07) is 0. The van der Waals surface area contributed by atoms with Crippen LogP contribution in [0.1, 0.15) is 52.4 Å². The SMILES string of the molecule is CCN1CCN(C(=O)C23CC4CC(CC(NC(C)=O)(C4)C2)C3)CC1. The molecule has 1 aliphatic heterocycles. The van der Waals surface area contributed by atoms with Gasteiger partial charge in [-0.15, -0.1) is 0 Å². The molecule has 0 aromatic rings. The van der Waals surface area contributed by atoms with Gasteiger partial charge in [-0.1, -0.05) is 6.92 Å². The molecule has 2 amide bonds. The Hall–Kier alpha value is -1.10. The molecule has 2 atom stereocenters. The minimum Gasteiger partial charge on any atom is -0.351 e. The predicted octanol–water partition coefficient (Wildman–Crippen LogP) is 1.63. The molecule has 0 aromatic carbocycles. The van der Waals surface area contributed by atoms with Crippen LogP contribution >= 0.6 is 0 Å². The molecule has 0 aromatic heterocycles. The van der Waals surface area contributed by atoms with E-state index in [1.807, 2.05) is 0 Å². The fraction of sp³-hybridized carbons (Fsp3) is 0.895. The smallest absolute Gasteiger partial charge is 0.228 e. The van der Waals surface area contributed by atoms with Gasteiger partial charge < -0.3 is 15.1 Å². The molecule has 24 heavy (non-hydrogen) atoms. The number of nitrogens with zero attached hydrogens (tertiary/aromatic N) is 2. The molecule has 4 aliphatic carbocycles. The molecule has 5 fully saturated rings. The normalized spacial score (nSPS) is 41.5. The third kappa shape index (κ3) is 2.65. The van der Waals surface area contributed by atoms with Crippen molar-refractivity contribution >= 4 is 11.8 Å². The van der Waals surface area contributed by atoms with E-state index in [2.05, 4.69) is 22.0 Å². The molecule has 0 spiro atoms. The number of carbonyl (C=O) groups is 2. The van der Waals surface area contributed by atoms with Crippen molar-refractivity contribution in [3.63, 3.8) is 0 Å². The zero-order chi connectivity index (χ0) is 16.9. The zero-order valence-corrected chi connectivity index (χ0v) is 15.1. The van der Waals surface area contributed by atoms with Gasteiger partial charge in [-0.2, -0.15) is 0 Å². The van der Waals surface area contributed by atoms with Gasteiger partial charge in [0.2, 0.25) is 11.8 Å². The Kier molecular flexibility index (Phi) is 3.90. The monoisotopic (exact) mass is 333 g/mol. The Bertz CT molecular complexity index is 525. The minimum absolute atomic E-state index is 0.0658. The Morgan fingerprint density at radius 2 is 1.67 bits per heavy atom. The lowest BCUT2D eigenvalue weighted by Gasteiger charge is -2.62. The first-order valence-corrected chi connectivity index (χ1v) is 9.74. The standard InChI is InChI=1S/C19H31N3O2/c1-3-21-4-6-22(7-5-21)17(24)18-9-15-8-16(10-18)12-19(11-15,13-18)20-14(2)23/h15-16H,3-13H2,1-2H3,(H,20,23). The highest BCUT2D eigenvalue weighted by Crippen LogP contribution is 2.62. The van der Waals surface area contributed by atoms with Crippen LogP contribution in [0.2, 0.25) is 0 Å². The maximum absolute atomic E-state index is 13.5. The Balaban J connectivity index is 1.54. The first kappa shape index (κ1) is 16.4. The molecule has 5 heteroatoms. The highest BCUT2D eigenvalue weighted by molar-refractivity contribution is 5.84. The van der Waals surface area contributed by atoms with Gasteiger partial charge in [0.1, 0.15) is 0 Å². The number of likely N-dealkylation sites (N-methyl/N-ethyl adjacent to an activating group) is 1. The molecule has 4 bridgehead atoms. The molecule has 4 saturated carbocycles. The van der Waals surface area contributed by atoms with Crippen molar-refractivity contribution in [1.29, 1.82) is 0 Å². The summed E-state index contributed by atoms with van der Waals surface area (Å²) in [6.07, 6.45) is 6.41. The van der Waals surface area contributed by atoms with E-state index >= 15 is 0 Å². The second-order valence-electron chi connectivity index (χ2n) is 8.93. The van der Waals surface area contributed by atoms with Crippen LogP contribution in [0.15, 0.2) is 0 Å². The van der Waals surface area contributed by atoms with Crippen molar-refractivity contribution in [3.05, 3.63) is 0 Å². The van der Waals surface area contributed by atoms with E-state index in [0.29, 0.717) is 17.7 Å². The molecule has 0 radical (unpaired) electrons. The first-order chi connectivity index (χ1) is 11.4. The molecular formula is C19H31N3O2. The summed E-state index contributed by atoms with van der Waals surface area (Å²) in [5, 5.41) is 3.27. The first-order valence-electron chi connectivity index (χ1n) is 9.74. The van der Waals surface area contributed by atoms with E-state index in [1.54, 1.807) is 6.92 Å². The molecule has 5 nitrogen and oxygen atoms in total. The molecule has 5 rings (SSSR count). The van der Waals surface area contributed by atoms with E-state index < -0.39 is 0 Å². The average molecular weight is 333 g/mol. The Morgan fingerprint density at radius 1 is 1.04 bits per heavy atom. The predicted molar refractivity (Wildman–Crippen MR) is 92.4 cm³/mol. The van der Waals surface area contributed by atoms with Crippen LogP contribution in [0.3, 0.4) is 0 Å². The number of amides is 2. The zero-order valence-electron chi connectivity index (χ0n) is 15.1. The average Bonchev–Trinajstić information content (AvgIpc) is 2.51. The van der Waals surface area contributed by atoms with Crippen molar-refractivity contribution in [1.82, 2.24) is 15.1 Å². The van der Waals surface area contributed by atoms with Crippen molar-refractivity contribution in [2.24, 2.45) is 17.3 Å². The summed E-state index contributed by atoms with van der Waals surface area (Å²) >= 11 is 0. The summed E-state index contributed by atoms with van der Waals surface area (Å²) in [6.45, 7) is 8.63. The molecule has 1 heterocycles. The van der Waals surface area contributed by atoms with Gasteiger partial charge >= 0.3 is 0 Å². The number of rotatable bonds is 3. The quantitative estimate of drug-likeness (QED) is 0.854. The van der Waals surface area contributed by atoms with Crippen molar-refractivity contribution < 1.29 is 9.59 Å². The van der Waals surface area contributed by atoms with Gasteiger partial charge in [-0.05, 0) is 56.9 Å². The van der Waals surface area contributed by atoms with Gasteiger partial charge in [0, 0.05) is 38.6 Å². The van der Waals surface area contributed by atoms with Gasteiger partial charge in [0.15, 0.2) is 0 Å². The highest BCUT2D eigenvalue weighted by Gasteiger charge is 2.61. The number of carbonyl (C=O) groups excluding carboxylic acids is 2. The highest BCUT2D eigenvalue weighted by atomic mass is 16.2. The molecule has 5 aliphatic rings. The summed E-state index contributed by atoms with van der Waals surface area (Å²) in [5.74, 6) is 1.70. The summed E-state index contributed by atoms with van der Waals surface area (Å²) in [5.41, 5.74) is -0.294. The number of hydrogen-bond donors (Lipinski definition) is 1. The number of hydrogen-bond acceptors (Lipinski definition) is 3. The maximum atomic E-state index is 13.5. The van der Waals surface area contributed by atoms with Gasteiger partial charge in [-0.3, -0.25) is 9.59 Å². The van der Waals surface area contributed by atoms with E-state index in [1.165, 1.54) is 6.42 Å². The molecule has 1 N–H and O–H groups in total. The minimum atomic E-state index is -0.194. The number of nitrogens with one attached hydrogen (secondary N) is 1. The van der Waals surface area contributed by atoms with E-state index in [9.17, 15) is 9.59 Å². The van der Waals surface area contributed by atoms with Crippen molar-refractivity contribution in [2.75, 3.05) is 32.7 Å². The van der Waals surface area contributed by atoms with E-state index in [0.717, 1.165) is 64.8 Å². The molecule has 1 saturated heterocycles. The summed E-state index contributed by atoms with van der Waals surface area (Å²) < 4.78 is 0. The van der Waals surface area contributed by atoms with Crippen LogP contribution < -0.4 is 5.32 Å². The van der Waals surface area contributed by atoms with Crippen LogP contribution in [0.5, 0.6) is 0 Å². The second kappa shape index (κ2) is 5.72. The van der Waals surface area contributed by atoms with Gasteiger partial charge in [0.25, 0.3) is 0 Å². The van der Waals surface area contributed by atoms with E-state index in [-0.39, 0.29) is 16.9 Å². The lowest BCUT2D eigenvalue weighted by Crippen LogP contribution is -2.66. The van der Waals surface area contributed by atoms with Gasteiger partial charge in [-0.25, -0.2) is 0 Å². The lowest BCUT2D eigenvalue weighted by molar-refractivity contribution is -0.164. The topological polar surface area (TPSA) is 52.6 Å². The van der Waals surface area contributed by atoms with Crippen LogP contribution in [0, 0.1) is 17.3 Å². The number of piperazine rings is 1. The van der Waals surface area contributed by atoms with Crippen LogP contribution in [-0.4, -0.2) is 59.9 Å². The fourth-order valence-electron chi connectivity index (χ4n) is 6.64. The van der Waals surface area contributed by atoms with Crippen LogP contribution in [-0.2, 0) is 9.59 Å². The molecular weight excluding hydrogens is 302 g/mol. The second-order valence-corrected chi connectivity index (χ2v) is 8.93. The largest absolute Gasteiger partial charge is 0.351 e. The lowest BCUT2D eigenvalue weighted by atomic mass is 9.46. The van der Waals surface area contributed by atoms with Crippen molar-refractivity contribution in [2.45, 2.75) is 57.9 Å². The van der Waals surface area contributed by atoms with Crippen LogP contribution in [0.25, 0.3) is 0 Å². The Labute approximate surface area is 145 Å². The molecule has 134 valence electrons. The fourth-order valence-corrected chi connectivity index (χ4v) is 6.64. The summed E-state index contributed by atoms with van der Waals surface area (Å²) in [7, 11) is 0. The third-order valence-electron chi connectivity index (χ3n) is 7.06. The summed E-state index contributed by atoms with van der Waals surface area (Å²) in [4.78, 5) is 29.8. The van der Waals surface area contributed by atoms with E-state index in [4.69, 9.17) is 0 Å². The van der Waals surface area contributed by atoms with Crippen LogP contribution in [0.4, 0.5) is 0 Å². The third-order valence-corrected chi connectivity index (χ3v) is 7.06. The molecule has 2 unspecified atom stereocenters. The van der Waals surface area contributed by atoms with Crippen molar-refractivity contribution in [3.8, 4) is 0 Å².